The van der Waals surface area contributed by atoms with E-state index in [9.17, 15) is 0 Å². The molecule has 0 unspecified atom stereocenters. The first-order valence-corrected chi connectivity index (χ1v) is 7.58. The molecule has 1 fully saturated rings. The second kappa shape index (κ2) is 5.17. The molecule has 0 N–H and O–H groups in total. The summed E-state index contributed by atoms with van der Waals surface area (Å²) < 4.78 is 0. The van der Waals surface area contributed by atoms with Crippen LogP contribution in [0.25, 0.3) is 11.3 Å². The molecule has 0 saturated heterocycles. The van der Waals surface area contributed by atoms with E-state index in [0.717, 1.165) is 22.6 Å². The molecule has 0 bridgehead atoms. The molecule has 1 heterocycles. The minimum absolute atomic E-state index is 0.516. The van der Waals surface area contributed by atoms with E-state index in [4.69, 9.17) is 16.6 Å². The molecule has 1 aromatic heterocycles. The Labute approximate surface area is 125 Å². The van der Waals surface area contributed by atoms with Crippen molar-refractivity contribution in [3.05, 3.63) is 46.4 Å². The van der Waals surface area contributed by atoms with Crippen LogP contribution in [0.15, 0.2) is 24.3 Å². The number of hydrogen-bond acceptors (Lipinski definition) is 2. The summed E-state index contributed by atoms with van der Waals surface area (Å²) in [6, 6.07) is 8.62. The van der Waals surface area contributed by atoms with E-state index in [1.807, 2.05) is 6.92 Å². The summed E-state index contributed by atoms with van der Waals surface area (Å²) in [4.78, 5) is 9.17. The van der Waals surface area contributed by atoms with Crippen LogP contribution in [0.4, 0.5) is 0 Å². The van der Waals surface area contributed by atoms with Gasteiger partial charge in [-0.05, 0) is 31.2 Å². The first-order valence-electron chi connectivity index (χ1n) is 7.20. The van der Waals surface area contributed by atoms with Crippen molar-refractivity contribution in [2.75, 3.05) is 0 Å². The van der Waals surface area contributed by atoms with E-state index in [2.05, 4.69) is 43.1 Å². The normalized spacial score (nSPS) is 14.8. The molecule has 0 amide bonds. The molecule has 3 rings (SSSR count). The van der Waals surface area contributed by atoms with Crippen LogP contribution in [0.1, 0.15) is 55.5 Å². The Morgan fingerprint density at radius 2 is 1.75 bits per heavy atom. The fourth-order valence-electron chi connectivity index (χ4n) is 2.34. The average Bonchev–Trinajstić information content (AvgIpc) is 3.26. The zero-order valence-electron chi connectivity index (χ0n) is 12.2. The Bertz CT molecular complexity index is 628. The molecule has 2 aromatic rings. The van der Waals surface area contributed by atoms with Gasteiger partial charge in [-0.15, -0.1) is 0 Å². The molecule has 1 aliphatic carbocycles. The monoisotopic (exact) mass is 286 g/mol. The predicted molar refractivity (Wildman–Crippen MR) is 83.3 cm³/mol. The van der Waals surface area contributed by atoms with Gasteiger partial charge < -0.3 is 0 Å². The van der Waals surface area contributed by atoms with Gasteiger partial charge in [-0.2, -0.15) is 0 Å². The molecule has 0 aliphatic heterocycles. The first kappa shape index (κ1) is 13.6. The lowest BCUT2D eigenvalue weighted by molar-refractivity contribution is 0.866. The van der Waals surface area contributed by atoms with E-state index in [1.165, 1.54) is 18.4 Å². The lowest BCUT2D eigenvalue weighted by Crippen LogP contribution is -1.99. The van der Waals surface area contributed by atoms with E-state index in [-0.39, 0.29) is 0 Å². The fraction of sp³-hybridized carbons (Fsp3) is 0.412. The van der Waals surface area contributed by atoms with Crippen molar-refractivity contribution in [2.24, 2.45) is 0 Å². The number of rotatable bonds is 3. The van der Waals surface area contributed by atoms with Crippen LogP contribution in [-0.2, 0) is 0 Å². The van der Waals surface area contributed by atoms with Crippen molar-refractivity contribution >= 4 is 11.6 Å². The molecular weight excluding hydrogens is 268 g/mol. The second-order valence-corrected chi connectivity index (χ2v) is 6.26. The third-order valence-corrected chi connectivity index (χ3v) is 4.26. The second-order valence-electron chi connectivity index (χ2n) is 5.90. The SMILES string of the molecule is Cc1c(Cl)nc(C2CC2)nc1-c1ccc(C(C)C)cc1. The summed E-state index contributed by atoms with van der Waals surface area (Å²) in [6.45, 7) is 6.39. The molecule has 20 heavy (non-hydrogen) atoms. The van der Waals surface area contributed by atoms with Crippen molar-refractivity contribution in [1.29, 1.82) is 0 Å². The van der Waals surface area contributed by atoms with Gasteiger partial charge in [0.25, 0.3) is 0 Å². The minimum Gasteiger partial charge on any atom is -0.232 e. The van der Waals surface area contributed by atoms with E-state index in [1.54, 1.807) is 0 Å². The summed E-state index contributed by atoms with van der Waals surface area (Å²) in [5, 5.41) is 0.588. The standard InChI is InChI=1S/C17H19ClN2/c1-10(2)12-4-6-13(7-5-12)15-11(3)16(18)20-17(19-15)14-8-9-14/h4-7,10,14H,8-9H2,1-3H3. The van der Waals surface area contributed by atoms with Gasteiger partial charge in [0.2, 0.25) is 0 Å². The van der Waals surface area contributed by atoms with Gasteiger partial charge in [0.1, 0.15) is 11.0 Å². The van der Waals surface area contributed by atoms with Crippen molar-refractivity contribution in [2.45, 2.75) is 45.4 Å². The Morgan fingerprint density at radius 3 is 2.30 bits per heavy atom. The minimum atomic E-state index is 0.516. The largest absolute Gasteiger partial charge is 0.232 e. The lowest BCUT2D eigenvalue weighted by atomic mass is 10.00. The molecule has 0 spiro atoms. The third kappa shape index (κ3) is 2.57. The lowest BCUT2D eigenvalue weighted by Gasteiger charge is -2.11. The average molecular weight is 287 g/mol. The molecule has 3 heteroatoms. The summed E-state index contributed by atoms with van der Waals surface area (Å²) in [5.41, 5.74) is 4.41. The first-order chi connectivity index (χ1) is 9.56. The molecule has 0 radical (unpaired) electrons. The Kier molecular flexibility index (Phi) is 3.51. The molecule has 0 atom stereocenters. The highest BCUT2D eigenvalue weighted by Crippen LogP contribution is 2.40. The summed E-state index contributed by atoms with van der Waals surface area (Å²) in [6.07, 6.45) is 2.37. The smallest absolute Gasteiger partial charge is 0.136 e. The van der Waals surface area contributed by atoms with Crippen LogP contribution < -0.4 is 0 Å². The maximum Gasteiger partial charge on any atom is 0.136 e. The third-order valence-electron chi connectivity index (χ3n) is 3.90. The van der Waals surface area contributed by atoms with Gasteiger partial charge >= 0.3 is 0 Å². The van der Waals surface area contributed by atoms with E-state index >= 15 is 0 Å². The molecule has 1 saturated carbocycles. The highest BCUT2D eigenvalue weighted by molar-refractivity contribution is 6.30. The van der Waals surface area contributed by atoms with E-state index in [0.29, 0.717) is 17.0 Å². The fourth-order valence-corrected chi connectivity index (χ4v) is 2.51. The summed E-state index contributed by atoms with van der Waals surface area (Å²) in [7, 11) is 0. The van der Waals surface area contributed by atoms with Gasteiger partial charge in [-0.3, -0.25) is 0 Å². The summed E-state index contributed by atoms with van der Waals surface area (Å²) in [5.74, 6) is 1.96. The van der Waals surface area contributed by atoms with Crippen LogP contribution in [0.3, 0.4) is 0 Å². The molecule has 1 aromatic carbocycles. The zero-order valence-corrected chi connectivity index (χ0v) is 12.9. The number of halogens is 1. The highest BCUT2D eigenvalue weighted by Gasteiger charge is 2.28. The maximum atomic E-state index is 6.27. The van der Waals surface area contributed by atoms with Gasteiger partial charge in [-0.1, -0.05) is 49.7 Å². The Hall–Kier alpha value is -1.41. The van der Waals surface area contributed by atoms with Crippen molar-refractivity contribution < 1.29 is 0 Å². The molecular formula is C17H19ClN2. The molecule has 104 valence electrons. The Balaban J connectivity index is 2.04. The molecule has 2 nitrogen and oxygen atoms in total. The number of nitrogens with zero attached hydrogens (tertiary/aromatic N) is 2. The maximum absolute atomic E-state index is 6.27. The Morgan fingerprint density at radius 1 is 1.10 bits per heavy atom. The van der Waals surface area contributed by atoms with Crippen LogP contribution in [-0.4, -0.2) is 9.97 Å². The quantitative estimate of drug-likeness (QED) is 0.733. The van der Waals surface area contributed by atoms with Crippen molar-refractivity contribution in [3.63, 3.8) is 0 Å². The van der Waals surface area contributed by atoms with Crippen LogP contribution in [0, 0.1) is 6.92 Å². The van der Waals surface area contributed by atoms with Crippen LogP contribution in [0.2, 0.25) is 5.15 Å². The topological polar surface area (TPSA) is 25.8 Å². The highest BCUT2D eigenvalue weighted by atomic mass is 35.5. The zero-order chi connectivity index (χ0) is 14.3. The number of aromatic nitrogens is 2. The van der Waals surface area contributed by atoms with Crippen LogP contribution in [0.5, 0.6) is 0 Å². The summed E-state index contributed by atoms with van der Waals surface area (Å²) >= 11 is 6.27. The number of hydrogen-bond donors (Lipinski definition) is 0. The molecule has 1 aliphatic rings. The number of benzene rings is 1. The van der Waals surface area contributed by atoms with Crippen molar-refractivity contribution in [1.82, 2.24) is 9.97 Å². The predicted octanol–water partition coefficient (Wildman–Crippen LogP) is 5.11. The van der Waals surface area contributed by atoms with Crippen molar-refractivity contribution in [3.8, 4) is 11.3 Å². The van der Waals surface area contributed by atoms with Gasteiger partial charge in [-0.25, -0.2) is 9.97 Å². The van der Waals surface area contributed by atoms with Gasteiger partial charge in [0.05, 0.1) is 5.69 Å². The van der Waals surface area contributed by atoms with Crippen LogP contribution >= 0.6 is 11.6 Å². The van der Waals surface area contributed by atoms with Gasteiger partial charge in [0.15, 0.2) is 0 Å². The van der Waals surface area contributed by atoms with Gasteiger partial charge in [0, 0.05) is 17.0 Å². The van der Waals surface area contributed by atoms with E-state index < -0.39 is 0 Å².